The van der Waals surface area contributed by atoms with E-state index < -0.39 is 10.0 Å². The number of benzene rings is 1. The van der Waals surface area contributed by atoms with Gasteiger partial charge in [-0.1, -0.05) is 23.9 Å². The smallest absolute Gasteiger partial charge is 0.242 e. The average Bonchev–Trinajstić information content (AvgIpc) is 3.34. The second-order valence-corrected chi connectivity index (χ2v) is 10.5. The number of carbonyl (C=O) groups excluding carboxylic acids is 1. The van der Waals surface area contributed by atoms with Crippen LogP contribution in [0.3, 0.4) is 0 Å². The summed E-state index contributed by atoms with van der Waals surface area (Å²) >= 11 is 2.86. The van der Waals surface area contributed by atoms with Crippen LogP contribution in [0.15, 0.2) is 45.8 Å². The number of H-pyrrole nitrogens is 1. The Morgan fingerprint density at radius 1 is 1.31 bits per heavy atom. The van der Waals surface area contributed by atoms with Gasteiger partial charge >= 0.3 is 0 Å². The van der Waals surface area contributed by atoms with E-state index in [4.69, 9.17) is 0 Å². The summed E-state index contributed by atoms with van der Waals surface area (Å²) in [6.45, 7) is 1.81. The summed E-state index contributed by atoms with van der Waals surface area (Å²) in [5.74, 6) is 0.593. The summed E-state index contributed by atoms with van der Waals surface area (Å²) < 4.78 is 25.7. The molecule has 2 N–H and O–H groups in total. The molecule has 0 unspecified atom stereocenters. The van der Waals surface area contributed by atoms with Crippen molar-refractivity contribution < 1.29 is 13.2 Å². The second kappa shape index (κ2) is 9.08. The Bertz CT molecular complexity index is 1090. The van der Waals surface area contributed by atoms with Crippen molar-refractivity contribution in [3.8, 4) is 0 Å². The van der Waals surface area contributed by atoms with Crippen molar-refractivity contribution in [3.63, 3.8) is 0 Å². The van der Waals surface area contributed by atoms with Crippen LogP contribution in [-0.2, 0) is 21.2 Å². The molecule has 0 bridgehead atoms. The summed E-state index contributed by atoms with van der Waals surface area (Å²) in [5.41, 5.74) is 1.24. The minimum atomic E-state index is -3.57. The highest BCUT2D eigenvalue weighted by Crippen LogP contribution is 2.23. The maximum Gasteiger partial charge on any atom is 0.242 e. The molecule has 1 amide bonds. The number of rotatable bonds is 8. The van der Waals surface area contributed by atoms with Gasteiger partial charge in [-0.3, -0.25) is 9.89 Å². The largest absolute Gasteiger partial charge is 0.325 e. The van der Waals surface area contributed by atoms with Gasteiger partial charge in [0.2, 0.25) is 21.1 Å². The molecule has 154 valence electrons. The summed E-state index contributed by atoms with van der Waals surface area (Å²) in [6.07, 6.45) is 0.670. The Labute approximate surface area is 177 Å². The number of anilines is 1. The molecule has 3 aromatic rings. The predicted octanol–water partition coefficient (Wildman–Crippen LogP) is 2.75. The van der Waals surface area contributed by atoms with Crippen LogP contribution in [0.25, 0.3) is 0 Å². The molecule has 2 aromatic heterocycles. The van der Waals surface area contributed by atoms with Gasteiger partial charge in [0, 0.05) is 31.1 Å². The topological polar surface area (TPSA) is 108 Å². The first-order valence-electron chi connectivity index (χ1n) is 8.65. The molecule has 0 aliphatic heterocycles. The van der Waals surface area contributed by atoms with E-state index in [0.717, 1.165) is 15.7 Å². The lowest BCUT2D eigenvalue weighted by Gasteiger charge is -2.14. The minimum absolute atomic E-state index is 0.112. The number of carbonyl (C=O) groups is 1. The molecule has 3 rings (SSSR count). The molecule has 0 spiro atoms. The standard InChI is InChI=1S/C18H21N5O3S3/c1-12-6-7-14(29(25,26)23(2)3)10-15(12)19-17(24)11-28-18-20-16(21-22-18)9-13-5-4-8-27-13/h4-8,10H,9,11H2,1-3H3,(H,19,24)(H,20,21,22). The van der Waals surface area contributed by atoms with Crippen molar-refractivity contribution >= 4 is 44.7 Å². The predicted molar refractivity (Wildman–Crippen MR) is 115 cm³/mol. The van der Waals surface area contributed by atoms with E-state index in [-0.39, 0.29) is 16.6 Å². The van der Waals surface area contributed by atoms with E-state index in [1.807, 2.05) is 17.5 Å². The van der Waals surface area contributed by atoms with Gasteiger partial charge < -0.3 is 5.32 Å². The number of nitrogens with one attached hydrogen (secondary N) is 2. The molecule has 0 fully saturated rings. The summed E-state index contributed by atoms with van der Waals surface area (Å²) in [4.78, 5) is 18.0. The molecule has 11 heteroatoms. The van der Waals surface area contributed by atoms with E-state index in [1.54, 1.807) is 24.3 Å². The van der Waals surface area contributed by atoms with Gasteiger partial charge in [0.25, 0.3) is 0 Å². The number of sulfonamides is 1. The SMILES string of the molecule is Cc1ccc(S(=O)(=O)N(C)C)cc1NC(=O)CSc1n[nH]c(Cc2cccs2)n1. The van der Waals surface area contributed by atoms with Crippen molar-refractivity contribution in [2.45, 2.75) is 23.4 Å². The highest BCUT2D eigenvalue weighted by molar-refractivity contribution is 7.99. The van der Waals surface area contributed by atoms with Crippen LogP contribution in [0.1, 0.15) is 16.3 Å². The Morgan fingerprint density at radius 2 is 2.10 bits per heavy atom. The lowest BCUT2D eigenvalue weighted by Crippen LogP contribution is -2.22. The number of thiophene rings is 1. The zero-order valence-electron chi connectivity index (χ0n) is 16.2. The summed E-state index contributed by atoms with van der Waals surface area (Å²) in [6, 6.07) is 8.68. The minimum Gasteiger partial charge on any atom is -0.325 e. The fourth-order valence-corrected chi connectivity index (χ4v) is 4.68. The van der Waals surface area contributed by atoms with Gasteiger partial charge in [-0.2, -0.15) is 0 Å². The lowest BCUT2D eigenvalue weighted by molar-refractivity contribution is -0.113. The van der Waals surface area contributed by atoms with Crippen LogP contribution < -0.4 is 5.32 Å². The maximum atomic E-state index is 12.3. The van der Waals surface area contributed by atoms with Crippen LogP contribution in [0.5, 0.6) is 0 Å². The molecule has 0 radical (unpaired) electrons. The van der Waals surface area contributed by atoms with Crippen LogP contribution in [-0.4, -0.2) is 53.7 Å². The third-order valence-electron chi connectivity index (χ3n) is 4.03. The molecule has 0 aliphatic carbocycles. The molecule has 0 atom stereocenters. The highest BCUT2D eigenvalue weighted by Gasteiger charge is 2.19. The fourth-order valence-electron chi connectivity index (χ4n) is 2.42. The Kier molecular flexibility index (Phi) is 6.73. The van der Waals surface area contributed by atoms with Crippen molar-refractivity contribution in [1.29, 1.82) is 0 Å². The number of aryl methyl sites for hydroxylation is 1. The number of aromatic amines is 1. The number of amides is 1. The van der Waals surface area contributed by atoms with Gasteiger partial charge in [0.1, 0.15) is 5.82 Å². The van der Waals surface area contributed by atoms with Crippen LogP contribution >= 0.6 is 23.1 Å². The van der Waals surface area contributed by atoms with Gasteiger partial charge in [0.15, 0.2) is 0 Å². The number of hydrogen-bond acceptors (Lipinski definition) is 7. The quantitative estimate of drug-likeness (QED) is 0.510. The van der Waals surface area contributed by atoms with Crippen molar-refractivity contribution in [2.75, 3.05) is 25.2 Å². The lowest BCUT2D eigenvalue weighted by atomic mass is 10.2. The van der Waals surface area contributed by atoms with Crippen molar-refractivity contribution in [3.05, 3.63) is 52.0 Å². The molecule has 2 heterocycles. The number of hydrogen-bond donors (Lipinski definition) is 2. The van der Waals surface area contributed by atoms with Gasteiger partial charge in [0.05, 0.1) is 10.6 Å². The van der Waals surface area contributed by atoms with Crippen LogP contribution in [0.4, 0.5) is 5.69 Å². The van der Waals surface area contributed by atoms with E-state index in [0.29, 0.717) is 17.3 Å². The zero-order chi connectivity index (χ0) is 21.0. The van der Waals surface area contributed by atoms with Gasteiger partial charge in [-0.25, -0.2) is 17.7 Å². The number of nitrogens with zero attached hydrogens (tertiary/aromatic N) is 3. The van der Waals surface area contributed by atoms with E-state index in [2.05, 4.69) is 20.5 Å². The molecule has 0 aliphatic rings. The molecular weight excluding hydrogens is 430 g/mol. The number of thioether (sulfide) groups is 1. The molecule has 8 nitrogen and oxygen atoms in total. The average molecular weight is 452 g/mol. The fraction of sp³-hybridized carbons (Fsp3) is 0.278. The molecular formula is C18H21N5O3S3. The van der Waals surface area contributed by atoms with Gasteiger partial charge in [-0.15, -0.1) is 16.4 Å². The van der Waals surface area contributed by atoms with Crippen LogP contribution in [0.2, 0.25) is 0 Å². The molecule has 1 aromatic carbocycles. The summed E-state index contributed by atoms with van der Waals surface area (Å²) in [5, 5.41) is 12.3. The maximum absolute atomic E-state index is 12.3. The first-order chi connectivity index (χ1) is 13.8. The van der Waals surface area contributed by atoms with E-state index in [1.165, 1.54) is 42.9 Å². The third-order valence-corrected chi connectivity index (χ3v) is 7.56. The molecule has 0 saturated heterocycles. The third kappa shape index (κ3) is 5.44. The first-order valence-corrected chi connectivity index (χ1v) is 12.0. The first kappa shape index (κ1) is 21.5. The van der Waals surface area contributed by atoms with E-state index >= 15 is 0 Å². The Balaban J connectivity index is 1.60. The van der Waals surface area contributed by atoms with E-state index in [9.17, 15) is 13.2 Å². The normalized spacial score (nSPS) is 11.7. The summed E-state index contributed by atoms with van der Waals surface area (Å²) in [7, 11) is -0.641. The molecule has 29 heavy (non-hydrogen) atoms. The van der Waals surface area contributed by atoms with Gasteiger partial charge in [-0.05, 0) is 36.1 Å². The Morgan fingerprint density at radius 3 is 2.79 bits per heavy atom. The van der Waals surface area contributed by atoms with Crippen molar-refractivity contribution in [1.82, 2.24) is 19.5 Å². The number of aromatic nitrogens is 3. The highest BCUT2D eigenvalue weighted by atomic mass is 32.2. The monoisotopic (exact) mass is 451 g/mol. The van der Waals surface area contributed by atoms with Crippen molar-refractivity contribution in [2.24, 2.45) is 0 Å². The second-order valence-electron chi connectivity index (χ2n) is 6.42. The zero-order valence-corrected chi connectivity index (χ0v) is 18.6. The molecule has 0 saturated carbocycles. The van der Waals surface area contributed by atoms with Crippen LogP contribution in [0, 0.1) is 6.92 Å². The Hall–Kier alpha value is -2.21.